The smallest absolute Gasteiger partial charge is 0.113 e. The molecule has 2 N–H and O–H groups in total. The number of aromatic amines is 2. The lowest BCUT2D eigenvalue weighted by molar-refractivity contribution is 0.710. The Hall–Kier alpha value is -2.50. The Kier molecular flexibility index (Phi) is 3.28. The minimum Gasteiger partial charge on any atom is -0.345 e. The summed E-state index contributed by atoms with van der Waals surface area (Å²) in [5.41, 5.74) is 4.87. The van der Waals surface area contributed by atoms with Crippen molar-refractivity contribution in [1.29, 1.82) is 0 Å². The fourth-order valence-corrected chi connectivity index (χ4v) is 2.27. The lowest BCUT2D eigenvalue weighted by atomic mass is 9.93. The summed E-state index contributed by atoms with van der Waals surface area (Å²) in [6.45, 7) is 4.33. The first kappa shape index (κ1) is 12.5. The summed E-state index contributed by atoms with van der Waals surface area (Å²) in [6, 6.07) is 1.96. The van der Waals surface area contributed by atoms with Gasteiger partial charge in [-0.15, -0.1) is 0 Å². The third-order valence-corrected chi connectivity index (χ3v) is 3.52. The maximum atomic E-state index is 4.57. The van der Waals surface area contributed by atoms with Gasteiger partial charge in [0.05, 0.1) is 30.1 Å². The topological polar surface area (TPSA) is 83.1 Å². The molecule has 0 aliphatic rings. The maximum absolute atomic E-state index is 4.57. The highest BCUT2D eigenvalue weighted by Crippen LogP contribution is 2.35. The molecule has 0 amide bonds. The van der Waals surface area contributed by atoms with Crippen LogP contribution in [-0.4, -0.2) is 30.4 Å². The number of aromatic nitrogens is 6. The zero-order chi connectivity index (χ0) is 13.9. The van der Waals surface area contributed by atoms with E-state index in [2.05, 4.69) is 44.2 Å². The molecule has 0 bridgehead atoms. The number of nitrogens with one attached hydrogen (secondary N) is 2. The quantitative estimate of drug-likeness (QED) is 0.762. The molecule has 0 aliphatic heterocycles. The molecule has 0 saturated heterocycles. The van der Waals surface area contributed by atoms with E-state index in [1.165, 1.54) is 0 Å². The van der Waals surface area contributed by atoms with Crippen molar-refractivity contribution in [2.24, 2.45) is 0 Å². The molecular formula is C14H16N6. The van der Waals surface area contributed by atoms with Crippen LogP contribution in [0.4, 0.5) is 0 Å². The molecule has 3 aromatic rings. The Balaban J connectivity index is 2.25. The minimum absolute atomic E-state index is 0.361. The number of rotatable bonds is 4. The monoisotopic (exact) mass is 268 g/mol. The fraction of sp³-hybridized carbons (Fsp3) is 0.286. The summed E-state index contributed by atoms with van der Waals surface area (Å²) in [6.07, 6.45) is 8.05. The Labute approximate surface area is 116 Å². The largest absolute Gasteiger partial charge is 0.345 e. The van der Waals surface area contributed by atoms with Gasteiger partial charge in [-0.2, -0.15) is 15.4 Å². The fourth-order valence-electron chi connectivity index (χ4n) is 2.27. The first-order valence-electron chi connectivity index (χ1n) is 6.65. The van der Waals surface area contributed by atoms with Gasteiger partial charge in [-0.1, -0.05) is 13.8 Å². The van der Waals surface area contributed by atoms with E-state index in [1.54, 1.807) is 12.5 Å². The van der Waals surface area contributed by atoms with E-state index in [4.69, 9.17) is 0 Å². The predicted molar refractivity (Wildman–Crippen MR) is 75.9 cm³/mol. The molecule has 0 radical (unpaired) electrons. The number of H-pyrrole nitrogens is 2. The van der Waals surface area contributed by atoms with Gasteiger partial charge in [0.1, 0.15) is 5.69 Å². The molecule has 1 unspecified atom stereocenters. The number of nitrogens with zero attached hydrogens (tertiary/aromatic N) is 4. The molecule has 0 aliphatic carbocycles. The van der Waals surface area contributed by atoms with Crippen LogP contribution in [0, 0.1) is 0 Å². The van der Waals surface area contributed by atoms with Crippen molar-refractivity contribution in [2.75, 3.05) is 0 Å². The van der Waals surface area contributed by atoms with Crippen LogP contribution in [0.25, 0.3) is 22.5 Å². The van der Waals surface area contributed by atoms with E-state index >= 15 is 0 Å². The first-order valence-corrected chi connectivity index (χ1v) is 6.65. The number of hydrogen-bond acceptors (Lipinski definition) is 4. The average molecular weight is 268 g/mol. The van der Waals surface area contributed by atoms with Crippen LogP contribution in [0.2, 0.25) is 0 Å². The summed E-state index contributed by atoms with van der Waals surface area (Å²) in [7, 11) is 0. The van der Waals surface area contributed by atoms with Crippen molar-refractivity contribution < 1.29 is 0 Å². The lowest BCUT2D eigenvalue weighted by Gasteiger charge is -2.15. The average Bonchev–Trinajstić information content (AvgIpc) is 3.18. The van der Waals surface area contributed by atoms with E-state index in [9.17, 15) is 0 Å². The Morgan fingerprint density at radius 2 is 2.20 bits per heavy atom. The molecule has 0 aromatic carbocycles. The lowest BCUT2D eigenvalue weighted by Crippen LogP contribution is -2.01. The van der Waals surface area contributed by atoms with Gasteiger partial charge in [0.15, 0.2) is 0 Å². The SMILES string of the molecule is CCC(C)c1nccc(-c2cn[nH]n2)c1-c1cnc[nH]1. The van der Waals surface area contributed by atoms with E-state index in [1.807, 2.05) is 18.5 Å². The van der Waals surface area contributed by atoms with E-state index < -0.39 is 0 Å². The highest BCUT2D eigenvalue weighted by molar-refractivity contribution is 5.81. The van der Waals surface area contributed by atoms with Gasteiger partial charge in [0.2, 0.25) is 0 Å². The molecule has 0 fully saturated rings. The van der Waals surface area contributed by atoms with Crippen molar-refractivity contribution in [2.45, 2.75) is 26.2 Å². The van der Waals surface area contributed by atoms with E-state index in [0.717, 1.165) is 34.6 Å². The highest BCUT2D eigenvalue weighted by Gasteiger charge is 2.19. The Morgan fingerprint density at radius 3 is 2.85 bits per heavy atom. The number of pyridine rings is 1. The molecule has 20 heavy (non-hydrogen) atoms. The number of hydrogen-bond donors (Lipinski definition) is 2. The van der Waals surface area contributed by atoms with E-state index in [0.29, 0.717) is 5.92 Å². The van der Waals surface area contributed by atoms with Gasteiger partial charge < -0.3 is 4.98 Å². The van der Waals surface area contributed by atoms with Gasteiger partial charge in [-0.25, -0.2) is 4.98 Å². The van der Waals surface area contributed by atoms with Gasteiger partial charge in [-0.05, 0) is 18.4 Å². The Morgan fingerprint density at radius 1 is 1.30 bits per heavy atom. The van der Waals surface area contributed by atoms with Gasteiger partial charge >= 0.3 is 0 Å². The summed E-state index contributed by atoms with van der Waals surface area (Å²) in [5, 5.41) is 10.7. The van der Waals surface area contributed by atoms with Crippen LogP contribution in [0.5, 0.6) is 0 Å². The highest BCUT2D eigenvalue weighted by atomic mass is 15.3. The minimum atomic E-state index is 0.361. The zero-order valence-corrected chi connectivity index (χ0v) is 11.5. The maximum Gasteiger partial charge on any atom is 0.113 e. The molecule has 6 nitrogen and oxygen atoms in total. The third kappa shape index (κ3) is 2.09. The van der Waals surface area contributed by atoms with E-state index in [-0.39, 0.29) is 0 Å². The normalized spacial score (nSPS) is 12.5. The van der Waals surface area contributed by atoms with Crippen molar-refractivity contribution in [3.63, 3.8) is 0 Å². The first-order chi connectivity index (χ1) is 9.81. The molecular weight excluding hydrogens is 252 g/mol. The van der Waals surface area contributed by atoms with Crippen LogP contribution >= 0.6 is 0 Å². The summed E-state index contributed by atoms with van der Waals surface area (Å²) < 4.78 is 0. The van der Waals surface area contributed by atoms with Crippen molar-refractivity contribution >= 4 is 0 Å². The number of imidazole rings is 1. The second-order valence-electron chi connectivity index (χ2n) is 4.75. The summed E-state index contributed by atoms with van der Waals surface area (Å²) in [5.74, 6) is 0.361. The van der Waals surface area contributed by atoms with Crippen molar-refractivity contribution in [1.82, 2.24) is 30.4 Å². The van der Waals surface area contributed by atoms with Crippen LogP contribution in [0.3, 0.4) is 0 Å². The second kappa shape index (κ2) is 5.24. The predicted octanol–water partition coefficient (Wildman–Crippen LogP) is 2.77. The molecule has 1 atom stereocenters. The van der Waals surface area contributed by atoms with Gasteiger partial charge in [0, 0.05) is 17.3 Å². The van der Waals surface area contributed by atoms with Crippen LogP contribution in [-0.2, 0) is 0 Å². The standard InChI is InChI=1S/C14H16N6/c1-3-9(2)14-13(12-6-15-8-17-12)10(4-5-16-14)11-7-18-20-19-11/h4-9H,3H2,1-2H3,(H,15,17)(H,18,19,20). The summed E-state index contributed by atoms with van der Waals surface area (Å²) in [4.78, 5) is 11.9. The Bertz CT molecular complexity index is 672. The van der Waals surface area contributed by atoms with Crippen LogP contribution in [0.1, 0.15) is 31.9 Å². The van der Waals surface area contributed by atoms with Gasteiger partial charge in [-0.3, -0.25) is 4.98 Å². The molecule has 0 spiro atoms. The molecule has 3 heterocycles. The second-order valence-corrected chi connectivity index (χ2v) is 4.75. The summed E-state index contributed by atoms with van der Waals surface area (Å²) >= 11 is 0. The van der Waals surface area contributed by atoms with Crippen LogP contribution < -0.4 is 0 Å². The molecule has 6 heteroatoms. The van der Waals surface area contributed by atoms with Gasteiger partial charge in [0.25, 0.3) is 0 Å². The molecule has 102 valence electrons. The molecule has 3 rings (SSSR count). The molecule has 3 aromatic heterocycles. The van der Waals surface area contributed by atoms with Crippen LogP contribution in [0.15, 0.2) is 31.0 Å². The molecule has 0 saturated carbocycles. The van der Waals surface area contributed by atoms with Crippen molar-refractivity contribution in [3.05, 3.63) is 36.7 Å². The third-order valence-electron chi connectivity index (χ3n) is 3.52. The van der Waals surface area contributed by atoms with Crippen molar-refractivity contribution in [3.8, 4) is 22.5 Å². The zero-order valence-electron chi connectivity index (χ0n) is 11.5.